The van der Waals surface area contributed by atoms with E-state index in [1.807, 2.05) is 36.4 Å². The standard InChI is InChI=1S/C24H27NO4/c1-17(26)7-6-10-24(29-18(2)27)23-15-20-8-4-5-9-22(20)25(23)16-19-11-13-21(28-3)14-12-19/h4-5,8-9,11-15,24H,6-7,10,16H2,1-3H3. The van der Waals surface area contributed by atoms with E-state index >= 15 is 0 Å². The molecule has 3 rings (SSSR count). The first-order valence-electron chi connectivity index (χ1n) is 9.85. The Hall–Kier alpha value is -3.08. The van der Waals surface area contributed by atoms with Gasteiger partial charge in [-0.25, -0.2) is 0 Å². The lowest BCUT2D eigenvalue weighted by Crippen LogP contribution is -2.14. The summed E-state index contributed by atoms with van der Waals surface area (Å²) in [7, 11) is 1.65. The molecule has 0 aliphatic rings. The van der Waals surface area contributed by atoms with E-state index in [1.54, 1.807) is 14.0 Å². The second-order valence-electron chi connectivity index (χ2n) is 7.25. The van der Waals surface area contributed by atoms with Gasteiger partial charge in [-0.1, -0.05) is 30.3 Å². The molecule has 5 heteroatoms. The lowest BCUT2D eigenvalue weighted by molar-refractivity contribution is -0.147. The molecule has 0 aliphatic carbocycles. The van der Waals surface area contributed by atoms with Crippen LogP contribution >= 0.6 is 0 Å². The largest absolute Gasteiger partial charge is 0.497 e. The van der Waals surface area contributed by atoms with Crippen LogP contribution in [0.5, 0.6) is 5.75 Å². The summed E-state index contributed by atoms with van der Waals surface area (Å²) in [5.41, 5.74) is 3.15. The zero-order valence-corrected chi connectivity index (χ0v) is 17.2. The highest BCUT2D eigenvalue weighted by atomic mass is 16.5. The van der Waals surface area contributed by atoms with E-state index in [4.69, 9.17) is 9.47 Å². The molecule has 1 atom stereocenters. The van der Waals surface area contributed by atoms with Gasteiger partial charge in [-0.05, 0) is 49.6 Å². The second-order valence-corrected chi connectivity index (χ2v) is 7.25. The molecule has 3 aromatic rings. The fourth-order valence-electron chi connectivity index (χ4n) is 3.59. The minimum absolute atomic E-state index is 0.144. The number of para-hydroxylation sites is 1. The van der Waals surface area contributed by atoms with Crippen molar-refractivity contribution in [2.24, 2.45) is 0 Å². The van der Waals surface area contributed by atoms with Crippen molar-refractivity contribution in [2.45, 2.75) is 45.8 Å². The number of nitrogens with zero attached hydrogens (tertiary/aromatic N) is 1. The quantitative estimate of drug-likeness (QED) is 0.477. The van der Waals surface area contributed by atoms with Crippen molar-refractivity contribution in [3.8, 4) is 5.75 Å². The summed E-state index contributed by atoms with van der Waals surface area (Å²) in [6.07, 6.45) is 1.38. The van der Waals surface area contributed by atoms with E-state index in [1.165, 1.54) is 6.92 Å². The average Bonchev–Trinajstić information content (AvgIpc) is 3.06. The number of Topliss-reactive ketones (excluding diaryl/α,β-unsaturated/α-hetero) is 1. The van der Waals surface area contributed by atoms with Gasteiger partial charge in [0.1, 0.15) is 17.6 Å². The number of hydrogen-bond acceptors (Lipinski definition) is 4. The predicted octanol–water partition coefficient (Wildman–Crippen LogP) is 5.06. The number of esters is 1. The number of methoxy groups -OCH3 is 1. The molecule has 0 saturated carbocycles. The van der Waals surface area contributed by atoms with Crippen LogP contribution in [0, 0.1) is 0 Å². The van der Waals surface area contributed by atoms with E-state index in [2.05, 4.69) is 22.8 Å². The summed E-state index contributed by atoms with van der Waals surface area (Å²) >= 11 is 0. The smallest absolute Gasteiger partial charge is 0.303 e. The van der Waals surface area contributed by atoms with E-state index in [9.17, 15) is 9.59 Å². The third-order valence-electron chi connectivity index (χ3n) is 4.98. The maximum Gasteiger partial charge on any atom is 0.303 e. The number of hydrogen-bond donors (Lipinski definition) is 0. The Labute approximate surface area is 171 Å². The van der Waals surface area contributed by atoms with Crippen molar-refractivity contribution < 1.29 is 19.1 Å². The van der Waals surface area contributed by atoms with Crippen molar-refractivity contribution in [2.75, 3.05) is 7.11 Å². The Kier molecular flexibility index (Phi) is 6.70. The van der Waals surface area contributed by atoms with Gasteiger partial charge in [0.2, 0.25) is 0 Å². The van der Waals surface area contributed by atoms with Crippen LogP contribution in [0.4, 0.5) is 0 Å². The topological polar surface area (TPSA) is 57.5 Å². The third kappa shape index (κ3) is 5.25. The number of rotatable bonds is 9. The molecule has 29 heavy (non-hydrogen) atoms. The van der Waals surface area contributed by atoms with Crippen LogP contribution < -0.4 is 4.74 Å². The molecule has 2 aromatic carbocycles. The molecule has 1 heterocycles. The van der Waals surface area contributed by atoms with Crippen molar-refractivity contribution >= 4 is 22.7 Å². The Morgan fingerprint density at radius 3 is 2.41 bits per heavy atom. The molecule has 5 nitrogen and oxygen atoms in total. The molecule has 0 radical (unpaired) electrons. The van der Waals surface area contributed by atoms with Crippen LogP contribution in [-0.2, 0) is 20.9 Å². The van der Waals surface area contributed by atoms with Crippen LogP contribution in [0.2, 0.25) is 0 Å². The molecular formula is C24H27NO4. The van der Waals surface area contributed by atoms with Gasteiger partial charge >= 0.3 is 5.97 Å². The van der Waals surface area contributed by atoms with Gasteiger partial charge in [0.15, 0.2) is 0 Å². The Morgan fingerprint density at radius 2 is 1.76 bits per heavy atom. The minimum atomic E-state index is -0.391. The zero-order chi connectivity index (χ0) is 20.8. The number of carbonyl (C=O) groups is 2. The third-order valence-corrected chi connectivity index (χ3v) is 4.98. The number of benzene rings is 2. The monoisotopic (exact) mass is 393 g/mol. The van der Waals surface area contributed by atoms with Crippen molar-refractivity contribution in [3.63, 3.8) is 0 Å². The predicted molar refractivity (Wildman–Crippen MR) is 113 cm³/mol. The highest BCUT2D eigenvalue weighted by Crippen LogP contribution is 2.31. The molecule has 0 spiro atoms. The fraction of sp³-hybridized carbons (Fsp3) is 0.333. The van der Waals surface area contributed by atoms with E-state index in [0.717, 1.165) is 27.9 Å². The molecule has 0 aliphatic heterocycles. The first-order valence-corrected chi connectivity index (χ1v) is 9.85. The van der Waals surface area contributed by atoms with Crippen LogP contribution in [0.25, 0.3) is 10.9 Å². The molecule has 1 unspecified atom stereocenters. The summed E-state index contributed by atoms with van der Waals surface area (Å²) in [5.74, 6) is 0.637. The highest BCUT2D eigenvalue weighted by molar-refractivity contribution is 5.81. The summed E-state index contributed by atoms with van der Waals surface area (Å²) in [6, 6.07) is 18.2. The van der Waals surface area contributed by atoms with E-state index in [-0.39, 0.29) is 11.8 Å². The van der Waals surface area contributed by atoms with E-state index in [0.29, 0.717) is 25.8 Å². The molecule has 0 bridgehead atoms. The van der Waals surface area contributed by atoms with Crippen molar-refractivity contribution in [3.05, 3.63) is 65.9 Å². The number of carbonyl (C=O) groups excluding carboxylic acids is 2. The minimum Gasteiger partial charge on any atom is -0.497 e. The fourth-order valence-corrected chi connectivity index (χ4v) is 3.59. The number of ether oxygens (including phenoxy) is 2. The summed E-state index contributed by atoms with van der Waals surface area (Å²) in [5, 5.41) is 1.10. The van der Waals surface area contributed by atoms with Crippen LogP contribution in [0.1, 0.15) is 50.5 Å². The molecule has 152 valence electrons. The highest BCUT2D eigenvalue weighted by Gasteiger charge is 2.21. The normalized spacial score (nSPS) is 12.0. The van der Waals surface area contributed by atoms with Crippen LogP contribution in [0.3, 0.4) is 0 Å². The maximum absolute atomic E-state index is 11.8. The van der Waals surface area contributed by atoms with Gasteiger partial charge in [0.25, 0.3) is 0 Å². The SMILES string of the molecule is COc1ccc(Cn2c(C(CCCC(C)=O)OC(C)=O)cc3ccccc32)cc1. The lowest BCUT2D eigenvalue weighted by atomic mass is 10.1. The van der Waals surface area contributed by atoms with Gasteiger partial charge < -0.3 is 18.8 Å². The number of ketones is 1. The Bertz CT molecular complexity index is 988. The maximum atomic E-state index is 11.8. The zero-order valence-electron chi connectivity index (χ0n) is 17.2. The lowest BCUT2D eigenvalue weighted by Gasteiger charge is -2.20. The Morgan fingerprint density at radius 1 is 1.03 bits per heavy atom. The molecule has 0 amide bonds. The average molecular weight is 393 g/mol. The Balaban J connectivity index is 1.98. The van der Waals surface area contributed by atoms with Gasteiger partial charge in [0, 0.05) is 30.8 Å². The van der Waals surface area contributed by atoms with Crippen LogP contribution in [0.15, 0.2) is 54.6 Å². The van der Waals surface area contributed by atoms with Crippen molar-refractivity contribution in [1.82, 2.24) is 4.57 Å². The first-order chi connectivity index (χ1) is 14.0. The molecule has 0 saturated heterocycles. The van der Waals surface area contributed by atoms with Gasteiger partial charge in [0.05, 0.1) is 12.8 Å². The van der Waals surface area contributed by atoms with Gasteiger partial charge in [-0.2, -0.15) is 0 Å². The number of aromatic nitrogens is 1. The van der Waals surface area contributed by atoms with Gasteiger partial charge in [-0.15, -0.1) is 0 Å². The van der Waals surface area contributed by atoms with Crippen molar-refractivity contribution in [1.29, 1.82) is 0 Å². The molecular weight excluding hydrogens is 366 g/mol. The summed E-state index contributed by atoms with van der Waals surface area (Å²) in [4.78, 5) is 23.1. The molecule has 0 fully saturated rings. The van der Waals surface area contributed by atoms with E-state index < -0.39 is 6.10 Å². The number of fused-ring (bicyclic) bond motifs is 1. The van der Waals surface area contributed by atoms with Crippen LogP contribution in [-0.4, -0.2) is 23.4 Å². The second kappa shape index (κ2) is 9.41. The molecule has 0 N–H and O–H groups in total. The molecule has 1 aromatic heterocycles. The first kappa shape index (κ1) is 20.6. The summed E-state index contributed by atoms with van der Waals surface area (Å²) < 4.78 is 13.1. The van der Waals surface area contributed by atoms with Gasteiger partial charge in [-0.3, -0.25) is 4.79 Å². The summed E-state index contributed by atoms with van der Waals surface area (Å²) in [6.45, 7) is 3.66.